The summed E-state index contributed by atoms with van der Waals surface area (Å²) < 4.78 is 27.0. The zero-order valence-electron chi connectivity index (χ0n) is 15.1. The molecule has 3 N–H and O–H groups in total. The quantitative estimate of drug-likeness (QED) is 0.653. The Morgan fingerprint density at radius 2 is 1.85 bits per heavy atom. The van der Waals surface area contributed by atoms with Gasteiger partial charge in [-0.2, -0.15) is 0 Å². The Morgan fingerprint density at radius 1 is 1.15 bits per heavy atom. The molecule has 1 saturated carbocycles. The molecule has 1 aliphatic rings. The van der Waals surface area contributed by atoms with E-state index in [-0.39, 0.29) is 16.5 Å². The number of sulfonamides is 1. The van der Waals surface area contributed by atoms with E-state index in [9.17, 15) is 23.1 Å². The van der Waals surface area contributed by atoms with Crippen LogP contribution < -0.4 is 10.0 Å². The minimum absolute atomic E-state index is 0.00880. The van der Waals surface area contributed by atoms with Crippen LogP contribution in [0.5, 0.6) is 0 Å². The minimum atomic E-state index is -3.70. The molecule has 0 bridgehead atoms. The highest BCUT2D eigenvalue weighted by Gasteiger charge is 2.31. The van der Waals surface area contributed by atoms with Crippen LogP contribution in [0, 0.1) is 5.92 Å². The second-order valence-electron chi connectivity index (χ2n) is 6.97. The van der Waals surface area contributed by atoms with Gasteiger partial charge in [-0.15, -0.1) is 0 Å². The molecule has 2 rings (SSSR count). The fourth-order valence-corrected chi connectivity index (χ4v) is 4.51. The molecule has 144 valence electrons. The standard InChI is InChI=1S/C18H26N2O5S/c1-12(2)20-26(24,25)14-8-6-7-13(11-14)17(21)19-16-10-5-3-4-9-15(16)18(22)23/h6-8,11-12,15-16,20H,3-5,9-10H2,1-2H3,(H,19,21)(H,22,23)/t15-,16+/m1/s1. The number of carbonyl (C=O) groups is 2. The van der Waals surface area contributed by atoms with Crippen molar-refractivity contribution in [3.8, 4) is 0 Å². The van der Waals surface area contributed by atoms with E-state index >= 15 is 0 Å². The molecule has 1 aromatic carbocycles. The highest BCUT2D eigenvalue weighted by Crippen LogP contribution is 2.24. The average Bonchev–Trinajstić information content (AvgIpc) is 2.79. The summed E-state index contributed by atoms with van der Waals surface area (Å²) in [6.45, 7) is 3.43. The molecule has 1 amide bonds. The van der Waals surface area contributed by atoms with Gasteiger partial charge in [-0.1, -0.05) is 25.3 Å². The SMILES string of the molecule is CC(C)NS(=O)(=O)c1cccc(C(=O)N[C@H]2CCCCC[C@H]2C(=O)O)c1. The van der Waals surface area contributed by atoms with Crippen molar-refractivity contribution in [1.29, 1.82) is 0 Å². The lowest BCUT2D eigenvalue weighted by atomic mass is 9.94. The summed E-state index contributed by atoms with van der Waals surface area (Å²) in [4.78, 5) is 24.1. The first-order valence-electron chi connectivity index (χ1n) is 8.87. The number of carbonyl (C=O) groups excluding carboxylic acids is 1. The van der Waals surface area contributed by atoms with Gasteiger partial charge in [0.15, 0.2) is 0 Å². The van der Waals surface area contributed by atoms with Crippen LogP contribution in [-0.2, 0) is 14.8 Å². The monoisotopic (exact) mass is 382 g/mol. The number of hydrogen-bond acceptors (Lipinski definition) is 4. The van der Waals surface area contributed by atoms with Gasteiger partial charge in [0, 0.05) is 17.6 Å². The summed E-state index contributed by atoms with van der Waals surface area (Å²) in [6, 6.07) is 5.05. The van der Waals surface area contributed by atoms with E-state index in [2.05, 4.69) is 10.0 Å². The highest BCUT2D eigenvalue weighted by atomic mass is 32.2. The van der Waals surface area contributed by atoms with Gasteiger partial charge in [0.2, 0.25) is 10.0 Å². The van der Waals surface area contributed by atoms with Crippen molar-refractivity contribution in [1.82, 2.24) is 10.0 Å². The summed E-state index contributed by atoms with van der Waals surface area (Å²) in [5, 5.41) is 12.2. The van der Waals surface area contributed by atoms with Gasteiger partial charge >= 0.3 is 5.97 Å². The lowest BCUT2D eigenvalue weighted by Gasteiger charge is -2.23. The fourth-order valence-electron chi connectivity index (χ4n) is 3.21. The predicted molar refractivity (Wildman–Crippen MR) is 97.4 cm³/mol. The maximum absolute atomic E-state index is 12.6. The van der Waals surface area contributed by atoms with Gasteiger partial charge in [0.05, 0.1) is 10.8 Å². The number of carboxylic acid groups (broad SMARTS) is 1. The minimum Gasteiger partial charge on any atom is -0.481 e. The van der Waals surface area contributed by atoms with Crippen LogP contribution in [0.15, 0.2) is 29.2 Å². The lowest BCUT2D eigenvalue weighted by Crippen LogP contribution is -2.42. The molecule has 0 saturated heterocycles. The van der Waals surface area contributed by atoms with Crippen molar-refractivity contribution < 1.29 is 23.1 Å². The normalized spacial score (nSPS) is 21.2. The van der Waals surface area contributed by atoms with E-state index in [0.717, 1.165) is 19.3 Å². The Kier molecular flexibility index (Phi) is 6.77. The van der Waals surface area contributed by atoms with Crippen LogP contribution in [0.2, 0.25) is 0 Å². The van der Waals surface area contributed by atoms with E-state index in [0.29, 0.717) is 12.8 Å². The molecule has 0 aromatic heterocycles. The van der Waals surface area contributed by atoms with E-state index in [1.54, 1.807) is 13.8 Å². The summed E-state index contributed by atoms with van der Waals surface area (Å²) in [5.74, 6) is -1.98. The van der Waals surface area contributed by atoms with Crippen LogP contribution >= 0.6 is 0 Å². The van der Waals surface area contributed by atoms with Gasteiger partial charge in [-0.25, -0.2) is 13.1 Å². The van der Waals surface area contributed by atoms with Gasteiger partial charge in [-0.05, 0) is 44.9 Å². The number of rotatable bonds is 6. The zero-order valence-corrected chi connectivity index (χ0v) is 15.9. The van der Waals surface area contributed by atoms with Gasteiger partial charge in [0.1, 0.15) is 0 Å². The van der Waals surface area contributed by atoms with Gasteiger partial charge in [-0.3, -0.25) is 9.59 Å². The van der Waals surface area contributed by atoms with Crippen molar-refractivity contribution in [3.05, 3.63) is 29.8 Å². The molecule has 1 fully saturated rings. The summed E-state index contributed by atoms with van der Waals surface area (Å²) in [5.41, 5.74) is 0.199. The Labute approximate surface area is 154 Å². The van der Waals surface area contributed by atoms with Crippen LogP contribution in [0.4, 0.5) is 0 Å². The first-order chi connectivity index (χ1) is 12.2. The van der Waals surface area contributed by atoms with Crippen LogP contribution in [-0.4, -0.2) is 37.5 Å². The number of aliphatic carboxylic acids is 1. The molecule has 0 heterocycles. The first kappa shape index (κ1) is 20.4. The zero-order chi connectivity index (χ0) is 19.3. The first-order valence-corrected chi connectivity index (χ1v) is 10.3. The Balaban J connectivity index is 2.19. The molecule has 1 aromatic rings. The van der Waals surface area contributed by atoms with Crippen LogP contribution in [0.3, 0.4) is 0 Å². The van der Waals surface area contributed by atoms with Crippen molar-refractivity contribution in [3.63, 3.8) is 0 Å². The number of benzene rings is 1. The van der Waals surface area contributed by atoms with E-state index < -0.39 is 33.9 Å². The van der Waals surface area contributed by atoms with Crippen molar-refractivity contribution >= 4 is 21.9 Å². The average molecular weight is 382 g/mol. The van der Waals surface area contributed by atoms with Crippen molar-refractivity contribution in [2.24, 2.45) is 5.92 Å². The van der Waals surface area contributed by atoms with Crippen molar-refractivity contribution in [2.45, 2.75) is 62.9 Å². The molecule has 8 heteroatoms. The predicted octanol–water partition coefficient (Wildman–Crippen LogP) is 2.14. The van der Waals surface area contributed by atoms with Gasteiger partial charge < -0.3 is 10.4 Å². The number of nitrogens with one attached hydrogen (secondary N) is 2. The molecule has 0 spiro atoms. The highest BCUT2D eigenvalue weighted by molar-refractivity contribution is 7.89. The van der Waals surface area contributed by atoms with Crippen LogP contribution in [0.1, 0.15) is 56.3 Å². The molecular formula is C18H26N2O5S. The fraction of sp³-hybridized carbons (Fsp3) is 0.556. The molecule has 0 unspecified atom stereocenters. The Hall–Kier alpha value is -1.93. The molecule has 7 nitrogen and oxygen atoms in total. The third-order valence-corrected chi connectivity index (χ3v) is 6.10. The summed E-state index contributed by atoms with van der Waals surface area (Å²) in [7, 11) is -3.70. The van der Waals surface area contributed by atoms with Gasteiger partial charge in [0.25, 0.3) is 5.91 Å². The molecule has 1 aliphatic carbocycles. The van der Waals surface area contributed by atoms with Crippen LogP contribution in [0.25, 0.3) is 0 Å². The van der Waals surface area contributed by atoms with Crippen molar-refractivity contribution in [2.75, 3.05) is 0 Å². The third-order valence-electron chi connectivity index (χ3n) is 4.45. The van der Waals surface area contributed by atoms with E-state index in [4.69, 9.17) is 0 Å². The number of carboxylic acids is 1. The van der Waals surface area contributed by atoms with E-state index in [1.165, 1.54) is 24.3 Å². The second kappa shape index (κ2) is 8.64. The number of hydrogen-bond donors (Lipinski definition) is 3. The lowest BCUT2D eigenvalue weighted by molar-refractivity contribution is -0.142. The Bertz CT molecular complexity index is 761. The third kappa shape index (κ3) is 5.28. The molecule has 26 heavy (non-hydrogen) atoms. The largest absolute Gasteiger partial charge is 0.481 e. The molecule has 0 aliphatic heterocycles. The molecule has 2 atom stereocenters. The second-order valence-corrected chi connectivity index (χ2v) is 8.68. The maximum atomic E-state index is 12.6. The number of amides is 1. The smallest absolute Gasteiger partial charge is 0.308 e. The summed E-state index contributed by atoms with van der Waals surface area (Å²) >= 11 is 0. The Morgan fingerprint density at radius 3 is 2.50 bits per heavy atom. The maximum Gasteiger partial charge on any atom is 0.308 e. The molecule has 0 radical (unpaired) electrons. The topological polar surface area (TPSA) is 113 Å². The summed E-state index contributed by atoms with van der Waals surface area (Å²) in [6.07, 6.45) is 3.78. The van der Waals surface area contributed by atoms with E-state index in [1.807, 2.05) is 0 Å². The molecular weight excluding hydrogens is 356 g/mol.